The summed E-state index contributed by atoms with van der Waals surface area (Å²) < 4.78 is 0. The first-order chi connectivity index (χ1) is 6.84. The van der Waals surface area contributed by atoms with Gasteiger partial charge in [-0.25, -0.2) is 0 Å². The maximum atomic E-state index is 11.9. The van der Waals surface area contributed by atoms with Crippen molar-refractivity contribution in [3.05, 3.63) is 0 Å². The summed E-state index contributed by atoms with van der Waals surface area (Å²) in [7, 11) is 0. The van der Waals surface area contributed by atoms with Gasteiger partial charge in [-0.15, -0.1) is 0 Å². The van der Waals surface area contributed by atoms with Crippen LogP contribution in [0.25, 0.3) is 0 Å². The van der Waals surface area contributed by atoms with Crippen molar-refractivity contribution in [1.82, 2.24) is 5.32 Å². The number of hydrogen-bond donors (Lipinski definition) is 1. The van der Waals surface area contributed by atoms with E-state index >= 15 is 0 Å². The van der Waals surface area contributed by atoms with E-state index in [4.69, 9.17) is 0 Å². The molecule has 0 radical (unpaired) electrons. The number of Topliss-reactive ketones (excluding diaryl/α,β-unsaturated/α-hetero) is 1. The van der Waals surface area contributed by atoms with E-state index < -0.39 is 0 Å². The smallest absolute Gasteiger partial charge is 0.152 e. The van der Waals surface area contributed by atoms with Crippen molar-refractivity contribution in [3.63, 3.8) is 0 Å². The quantitative estimate of drug-likeness (QED) is 0.704. The zero-order chi connectivity index (χ0) is 12.0. The van der Waals surface area contributed by atoms with Crippen LogP contribution < -0.4 is 5.32 Å². The molecule has 0 bridgehead atoms. The van der Waals surface area contributed by atoms with Crippen molar-refractivity contribution < 1.29 is 4.79 Å². The monoisotopic (exact) mass is 213 g/mol. The van der Waals surface area contributed by atoms with E-state index in [0.717, 1.165) is 12.8 Å². The van der Waals surface area contributed by atoms with Gasteiger partial charge in [0.25, 0.3) is 0 Å². The lowest BCUT2D eigenvalue weighted by Crippen LogP contribution is -2.42. The summed E-state index contributed by atoms with van der Waals surface area (Å²) in [6, 6.07) is 0.428. The molecule has 0 fully saturated rings. The van der Waals surface area contributed by atoms with Crippen LogP contribution in [0.15, 0.2) is 0 Å². The molecule has 1 N–H and O–H groups in total. The van der Waals surface area contributed by atoms with Gasteiger partial charge in [0, 0.05) is 12.0 Å². The molecule has 0 heterocycles. The molecule has 0 spiro atoms. The van der Waals surface area contributed by atoms with Crippen molar-refractivity contribution in [2.45, 2.75) is 66.5 Å². The summed E-state index contributed by atoms with van der Waals surface area (Å²) in [5.74, 6) is 1.15. The Labute approximate surface area is 94.8 Å². The van der Waals surface area contributed by atoms with Gasteiger partial charge in [0.15, 0.2) is 5.78 Å². The third kappa shape index (κ3) is 6.67. The number of nitrogens with one attached hydrogen (secondary N) is 1. The predicted molar refractivity (Wildman–Crippen MR) is 66.0 cm³/mol. The van der Waals surface area contributed by atoms with Gasteiger partial charge >= 0.3 is 0 Å². The number of carbonyl (C=O) groups is 1. The van der Waals surface area contributed by atoms with E-state index in [0.29, 0.717) is 17.7 Å². The summed E-state index contributed by atoms with van der Waals surface area (Å²) in [4.78, 5) is 11.9. The second-order valence-electron chi connectivity index (χ2n) is 5.40. The average molecular weight is 213 g/mol. The fourth-order valence-electron chi connectivity index (χ4n) is 1.61. The Kier molecular flexibility index (Phi) is 6.82. The van der Waals surface area contributed by atoms with E-state index in [1.807, 2.05) is 13.8 Å². The van der Waals surface area contributed by atoms with Crippen molar-refractivity contribution in [1.29, 1.82) is 0 Å². The summed E-state index contributed by atoms with van der Waals surface area (Å²) in [5, 5.41) is 3.37. The second kappa shape index (κ2) is 7.00. The Morgan fingerprint density at radius 2 is 1.53 bits per heavy atom. The van der Waals surface area contributed by atoms with Crippen molar-refractivity contribution in [2.24, 2.45) is 11.8 Å². The van der Waals surface area contributed by atoms with Crippen LogP contribution in [-0.4, -0.2) is 17.9 Å². The number of carbonyl (C=O) groups excluding carboxylic acids is 1. The van der Waals surface area contributed by atoms with Crippen molar-refractivity contribution in [2.75, 3.05) is 0 Å². The molecule has 2 nitrogen and oxygen atoms in total. The molecule has 0 aliphatic rings. The van der Waals surface area contributed by atoms with Gasteiger partial charge in [0.05, 0.1) is 6.04 Å². The Balaban J connectivity index is 4.24. The molecular formula is C13H27NO. The molecule has 0 amide bonds. The SMILES string of the molecule is CC(C)CC[C@@H](NC(C)C)C(=O)C(C)C. The molecule has 0 saturated carbocycles. The zero-order valence-corrected chi connectivity index (χ0v) is 11.1. The Hall–Kier alpha value is -0.370. The van der Waals surface area contributed by atoms with Gasteiger partial charge in [-0.3, -0.25) is 4.79 Å². The van der Waals surface area contributed by atoms with Gasteiger partial charge in [-0.2, -0.15) is 0 Å². The predicted octanol–water partition coefficient (Wildman–Crippen LogP) is 3.01. The third-order valence-electron chi connectivity index (χ3n) is 2.48. The lowest BCUT2D eigenvalue weighted by molar-refractivity contribution is -0.124. The molecule has 90 valence electrons. The Morgan fingerprint density at radius 1 is 1.00 bits per heavy atom. The first-order valence-electron chi connectivity index (χ1n) is 6.14. The van der Waals surface area contributed by atoms with Gasteiger partial charge < -0.3 is 5.32 Å². The minimum Gasteiger partial charge on any atom is -0.305 e. The molecule has 0 aliphatic carbocycles. The molecule has 0 rings (SSSR count). The van der Waals surface area contributed by atoms with Gasteiger partial charge in [-0.1, -0.05) is 41.5 Å². The molecule has 1 atom stereocenters. The number of rotatable bonds is 7. The van der Waals surface area contributed by atoms with Crippen molar-refractivity contribution in [3.8, 4) is 0 Å². The van der Waals surface area contributed by atoms with E-state index in [1.54, 1.807) is 0 Å². The normalized spacial score (nSPS) is 13.9. The van der Waals surface area contributed by atoms with Crippen LogP contribution in [-0.2, 0) is 4.79 Å². The van der Waals surface area contributed by atoms with Crippen molar-refractivity contribution >= 4 is 5.78 Å². The highest BCUT2D eigenvalue weighted by molar-refractivity contribution is 5.85. The minimum atomic E-state index is 0.0485. The molecule has 0 saturated heterocycles. The molecule has 0 aliphatic heterocycles. The van der Waals surface area contributed by atoms with Gasteiger partial charge in [-0.05, 0) is 18.8 Å². The highest BCUT2D eigenvalue weighted by atomic mass is 16.1. The molecule has 0 aromatic carbocycles. The fourth-order valence-corrected chi connectivity index (χ4v) is 1.61. The number of hydrogen-bond acceptors (Lipinski definition) is 2. The minimum absolute atomic E-state index is 0.0485. The average Bonchev–Trinajstić information content (AvgIpc) is 2.10. The van der Waals surface area contributed by atoms with E-state index in [1.165, 1.54) is 0 Å². The van der Waals surface area contributed by atoms with Gasteiger partial charge in [0.1, 0.15) is 0 Å². The van der Waals surface area contributed by atoms with Crippen LogP contribution in [0.4, 0.5) is 0 Å². The van der Waals surface area contributed by atoms with Crippen LogP contribution >= 0.6 is 0 Å². The largest absolute Gasteiger partial charge is 0.305 e. The number of ketones is 1. The summed E-state index contributed by atoms with van der Waals surface area (Å²) in [5.41, 5.74) is 0. The standard InChI is InChI=1S/C13H27NO/c1-9(2)7-8-12(14-11(5)6)13(15)10(3)4/h9-12,14H,7-8H2,1-6H3/t12-/m1/s1. The van der Waals surface area contributed by atoms with Gasteiger partial charge in [0.2, 0.25) is 0 Å². The first-order valence-corrected chi connectivity index (χ1v) is 6.14. The summed E-state index contributed by atoms with van der Waals surface area (Å²) in [6.45, 7) is 12.5. The lowest BCUT2D eigenvalue weighted by atomic mass is 9.94. The maximum absolute atomic E-state index is 11.9. The zero-order valence-electron chi connectivity index (χ0n) is 11.1. The molecule has 0 aromatic heterocycles. The fraction of sp³-hybridized carbons (Fsp3) is 0.923. The van der Waals surface area contributed by atoms with Crippen LogP contribution in [0.1, 0.15) is 54.4 Å². The maximum Gasteiger partial charge on any atom is 0.152 e. The van der Waals surface area contributed by atoms with E-state index in [2.05, 4.69) is 33.0 Å². The topological polar surface area (TPSA) is 29.1 Å². The first kappa shape index (κ1) is 14.6. The van der Waals surface area contributed by atoms with Crippen LogP contribution in [0, 0.1) is 11.8 Å². The van der Waals surface area contributed by atoms with Crippen LogP contribution in [0.5, 0.6) is 0 Å². The Bertz CT molecular complexity index is 185. The Morgan fingerprint density at radius 3 is 1.87 bits per heavy atom. The summed E-state index contributed by atoms with van der Waals surface area (Å²) >= 11 is 0. The van der Waals surface area contributed by atoms with Crippen LogP contribution in [0.2, 0.25) is 0 Å². The second-order valence-corrected chi connectivity index (χ2v) is 5.40. The highest BCUT2D eigenvalue weighted by Crippen LogP contribution is 2.11. The molecule has 2 heteroatoms. The third-order valence-corrected chi connectivity index (χ3v) is 2.48. The van der Waals surface area contributed by atoms with E-state index in [9.17, 15) is 4.79 Å². The highest BCUT2D eigenvalue weighted by Gasteiger charge is 2.21. The van der Waals surface area contributed by atoms with Crippen LogP contribution in [0.3, 0.4) is 0 Å². The summed E-state index contributed by atoms with van der Waals surface area (Å²) in [6.07, 6.45) is 2.08. The molecule has 0 unspecified atom stereocenters. The molecular weight excluding hydrogens is 186 g/mol. The molecule has 15 heavy (non-hydrogen) atoms. The van der Waals surface area contributed by atoms with E-state index in [-0.39, 0.29) is 12.0 Å². The lowest BCUT2D eigenvalue weighted by Gasteiger charge is -2.22. The molecule has 0 aromatic rings.